The number of rotatable bonds is 5. The molecule has 0 N–H and O–H groups in total. The number of carbonyl (C=O) groups excluding carboxylic acids is 1. The van der Waals surface area contributed by atoms with Gasteiger partial charge in [-0.3, -0.25) is 4.79 Å². The van der Waals surface area contributed by atoms with Gasteiger partial charge in [0.25, 0.3) is 0 Å². The quantitative estimate of drug-likeness (QED) is 0.557. The fourth-order valence-electron chi connectivity index (χ4n) is 0.619. The smallest absolute Gasteiger partial charge is 0.422 e. The Labute approximate surface area is 97.9 Å². The highest BCUT2D eigenvalue weighted by atomic mass is 19.4. The van der Waals surface area contributed by atoms with Crippen molar-refractivity contribution in [1.82, 2.24) is 0 Å². The molecule has 0 atom stereocenters. The minimum Gasteiger partial charge on any atom is -0.496 e. The lowest BCUT2D eigenvalue weighted by molar-refractivity contribution is -0.161. The van der Waals surface area contributed by atoms with Crippen molar-refractivity contribution < 1.29 is 27.4 Å². The van der Waals surface area contributed by atoms with Gasteiger partial charge >= 0.3 is 6.18 Å². The normalized spacial score (nSPS) is 13.3. The van der Waals surface area contributed by atoms with Crippen LogP contribution in [0.2, 0.25) is 0 Å². The minimum atomic E-state index is -4.40. The summed E-state index contributed by atoms with van der Waals surface area (Å²) in [7, 11) is 0. The molecule has 0 aliphatic heterocycles. The van der Waals surface area contributed by atoms with E-state index in [1.165, 1.54) is 6.26 Å². The zero-order chi connectivity index (χ0) is 13.5. The summed E-state index contributed by atoms with van der Waals surface area (Å²) in [6.45, 7) is 3.97. The molecule has 0 saturated heterocycles. The van der Waals surface area contributed by atoms with Crippen LogP contribution in [0.3, 0.4) is 0 Å². The van der Waals surface area contributed by atoms with Crippen LogP contribution in [0.15, 0.2) is 24.7 Å². The highest BCUT2D eigenvalue weighted by Gasteiger charge is 2.27. The van der Waals surface area contributed by atoms with E-state index in [1.807, 2.05) is 0 Å². The Kier molecular flexibility index (Phi) is 5.78. The van der Waals surface area contributed by atoms with Crippen LogP contribution < -0.4 is 0 Å². The summed E-state index contributed by atoms with van der Waals surface area (Å²) < 4.78 is 44.1. The number of carbonyl (C=O) groups is 1. The molecule has 0 aromatic heterocycles. The highest BCUT2D eigenvalue weighted by molar-refractivity contribution is 5.98. The first-order chi connectivity index (χ1) is 7.60. The van der Waals surface area contributed by atoms with E-state index in [4.69, 9.17) is 4.74 Å². The third-order valence-electron chi connectivity index (χ3n) is 1.23. The molecule has 17 heavy (non-hydrogen) atoms. The molecule has 3 nitrogen and oxygen atoms in total. The molecule has 0 unspecified atom stereocenters. The number of ketones is 1. The van der Waals surface area contributed by atoms with Gasteiger partial charge in [0.1, 0.15) is 0 Å². The minimum absolute atomic E-state index is 0.423. The van der Waals surface area contributed by atoms with Crippen LogP contribution in [0.25, 0.3) is 0 Å². The van der Waals surface area contributed by atoms with Gasteiger partial charge < -0.3 is 9.47 Å². The van der Waals surface area contributed by atoms with E-state index in [0.717, 1.165) is 12.2 Å². The highest BCUT2D eigenvalue weighted by Crippen LogP contribution is 2.14. The van der Waals surface area contributed by atoms with Crippen molar-refractivity contribution in [2.45, 2.75) is 32.5 Å². The molecule has 0 spiro atoms. The first-order valence-electron chi connectivity index (χ1n) is 4.83. The molecule has 0 rings (SSSR count). The van der Waals surface area contributed by atoms with Crippen LogP contribution in [0.5, 0.6) is 0 Å². The monoisotopic (exact) mass is 252 g/mol. The van der Waals surface area contributed by atoms with Gasteiger partial charge in [0.05, 0.1) is 18.1 Å². The number of allylic oxidation sites excluding steroid dienone is 2. The molecule has 0 aliphatic rings. The summed E-state index contributed by atoms with van der Waals surface area (Å²) in [6, 6.07) is 0. The van der Waals surface area contributed by atoms with E-state index >= 15 is 0 Å². The van der Waals surface area contributed by atoms with E-state index in [-0.39, 0.29) is 0 Å². The number of hydrogen-bond acceptors (Lipinski definition) is 3. The molecule has 0 radical (unpaired) electrons. The van der Waals surface area contributed by atoms with Crippen molar-refractivity contribution >= 4 is 5.78 Å². The zero-order valence-electron chi connectivity index (χ0n) is 9.88. The summed E-state index contributed by atoms with van der Waals surface area (Å²) in [5.74, 6) is -0.517. The summed E-state index contributed by atoms with van der Waals surface area (Å²) in [5, 5.41) is 0. The van der Waals surface area contributed by atoms with Crippen LogP contribution in [-0.4, -0.2) is 24.2 Å². The zero-order valence-corrected chi connectivity index (χ0v) is 9.88. The van der Waals surface area contributed by atoms with E-state index in [9.17, 15) is 18.0 Å². The molecule has 0 amide bonds. The van der Waals surface area contributed by atoms with E-state index in [0.29, 0.717) is 6.26 Å². The lowest BCUT2D eigenvalue weighted by Gasteiger charge is -2.17. The average Bonchev–Trinajstić information content (AvgIpc) is 2.09. The second-order valence-electron chi connectivity index (χ2n) is 4.16. The van der Waals surface area contributed by atoms with Crippen molar-refractivity contribution in [3.05, 3.63) is 24.7 Å². The predicted molar refractivity (Wildman–Crippen MR) is 56.1 cm³/mol. The van der Waals surface area contributed by atoms with Crippen LogP contribution in [0, 0.1) is 0 Å². The molecule has 0 aromatic rings. The predicted octanol–water partition coefficient (Wildman–Crippen LogP) is 2.98. The second-order valence-corrected chi connectivity index (χ2v) is 4.16. The lowest BCUT2D eigenvalue weighted by Crippen LogP contribution is -2.15. The summed E-state index contributed by atoms with van der Waals surface area (Å²) in [6.07, 6.45) is -0.529. The lowest BCUT2D eigenvalue weighted by atomic mass is 10.2. The number of ether oxygens (including phenoxy) is 2. The molecule has 0 fully saturated rings. The van der Waals surface area contributed by atoms with Gasteiger partial charge in [-0.25, -0.2) is 0 Å². The number of hydrogen-bond donors (Lipinski definition) is 0. The Bertz CT molecular complexity index is 298. The van der Waals surface area contributed by atoms with E-state index < -0.39 is 24.2 Å². The molecule has 0 bridgehead atoms. The second kappa shape index (κ2) is 6.32. The Morgan fingerprint density at radius 2 is 1.65 bits per heavy atom. The van der Waals surface area contributed by atoms with Crippen molar-refractivity contribution in [2.24, 2.45) is 0 Å². The summed E-state index contributed by atoms with van der Waals surface area (Å²) in [4.78, 5) is 11.0. The van der Waals surface area contributed by atoms with E-state index in [2.05, 4.69) is 4.74 Å². The number of alkyl halides is 3. The first-order valence-corrected chi connectivity index (χ1v) is 4.83. The Morgan fingerprint density at radius 3 is 2.12 bits per heavy atom. The molecule has 98 valence electrons. The van der Waals surface area contributed by atoms with Gasteiger partial charge in [0.2, 0.25) is 0 Å². The SMILES string of the molecule is CC(C)(C)O/C=C/C(=O)/C=C/OCC(F)(F)F. The molecule has 6 heteroatoms. The fourth-order valence-corrected chi connectivity index (χ4v) is 0.619. The fraction of sp³-hybridized carbons (Fsp3) is 0.545. The van der Waals surface area contributed by atoms with Crippen molar-refractivity contribution in [3.8, 4) is 0 Å². The van der Waals surface area contributed by atoms with Gasteiger partial charge in [0, 0.05) is 12.2 Å². The maximum absolute atomic E-state index is 11.6. The summed E-state index contributed by atoms with van der Waals surface area (Å²) >= 11 is 0. The van der Waals surface area contributed by atoms with Crippen LogP contribution in [0.1, 0.15) is 20.8 Å². The Hall–Kier alpha value is -1.46. The average molecular weight is 252 g/mol. The standard InChI is InChI=1S/C11H15F3O3/c1-10(2,3)17-7-5-9(15)4-6-16-8-11(12,13)14/h4-7H,8H2,1-3H3/b6-4+,7-5+. The first kappa shape index (κ1) is 15.5. The third-order valence-corrected chi connectivity index (χ3v) is 1.23. The van der Waals surface area contributed by atoms with Crippen LogP contribution in [0.4, 0.5) is 13.2 Å². The molecule has 0 aromatic carbocycles. The number of halogens is 3. The van der Waals surface area contributed by atoms with Crippen LogP contribution in [-0.2, 0) is 14.3 Å². The van der Waals surface area contributed by atoms with Gasteiger partial charge in [-0.05, 0) is 20.8 Å². The maximum atomic E-state index is 11.6. The van der Waals surface area contributed by atoms with Gasteiger partial charge in [-0.1, -0.05) is 0 Å². The van der Waals surface area contributed by atoms with E-state index in [1.54, 1.807) is 20.8 Å². The molecular weight excluding hydrogens is 237 g/mol. The van der Waals surface area contributed by atoms with Crippen molar-refractivity contribution in [3.63, 3.8) is 0 Å². The Balaban J connectivity index is 3.91. The third kappa shape index (κ3) is 12.5. The van der Waals surface area contributed by atoms with Gasteiger partial charge in [-0.15, -0.1) is 0 Å². The molecule has 0 heterocycles. The van der Waals surface area contributed by atoms with Gasteiger partial charge in [0.15, 0.2) is 12.4 Å². The summed E-state index contributed by atoms with van der Waals surface area (Å²) in [5.41, 5.74) is -0.423. The maximum Gasteiger partial charge on any atom is 0.422 e. The topological polar surface area (TPSA) is 35.5 Å². The molecular formula is C11H15F3O3. The van der Waals surface area contributed by atoms with Crippen LogP contribution >= 0.6 is 0 Å². The molecule has 0 aliphatic carbocycles. The largest absolute Gasteiger partial charge is 0.496 e. The van der Waals surface area contributed by atoms with Crippen molar-refractivity contribution in [1.29, 1.82) is 0 Å². The van der Waals surface area contributed by atoms with Crippen molar-refractivity contribution in [2.75, 3.05) is 6.61 Å². The Morgan fingerprint density at radius 1 is 1.12 bits per heavy atom. The molecule has 0 saturated carbocycles. The van der Waals surface area contributed by atoms with Gasteiger partial charge in [-0.2, -0.15) is 13.2 Å².